The lowest BCUT2D eigenvalue weighted by molar-refractivity contribution is -0.0608. The van der Waals surface area contributed by atoms with Crippen molar-refractivity contribution < 1.29 is 9.84 Å². The molecule has 2 heterocycles. The van der Waals surface area contributed by atoms with Gasteiger partial charge in [0.1, 0.15) is 0 Å². The summed E-state index contributed by atoms with van der Waals surface area (Å²) in [6.07, 6.45) is 3.81. The van der Waals surface area contributed by atoms with Gasteiger partial charge in [0.25, 0.3) is 0 Å². The number of thiophene rings is 1. The molecular weight excluding hydrogens is 196 g/mol. The van der Waals surface area contributed by atoms with E-state index in [4.69, 9.17) is 4.74 Å². The Hall–Kier alpha value is -0.380. The second kappa shape index (κ2) is 4.91. The molecule has 2 rings (SSSR count). The zero-order valence-electron chi connectivity index (χ0n) is 8.19. The first kappa shape index (κ1) is 10.1. The molecule has 2 unspecified atom stereocenters. The summed E-state index contributed by atoms with van der Waals surface area (Å²) in [7, 11) is 0. The van der Waals surface area contributed by atoms with Crippen molar-refractivity contribution in [1.82, 2.24) is 0 Å². The minimum absolute atomic E-state index is 0.0610. The molecule has 14 heavy (non-hydrogen) atoms. The molecule has 0 bridgehead atoms. The van der Waals surface area contributed by atoms with Crippen LogP contribution in [0.2, 0.25) is 0 Å². The van der Waals surface area contributed by atoms with Crippen molar-refractivity contribution in [3.63, 3.8) is 0 Å². The van der Waals surface area contributed by atoms with Gasteiger partial charge in [-0.2, -0.15) is 0 Å². The highest BCUT2D eigenvalue weighted by atomic mass is 32.1. The van der Waals surface area contributed by atoms with Crippen LogP contribution in [0.3, 0.4) is 0 Å². The van der Waals surface area contributed by atoms with E-state index in [1.54, 1.807) is 11.3 Å². The first-order valence-corrected chi connectivity index (χ1v) is 6.06. The number of rotatable bonds is 3. The maximum Gasteiger partial charge on any atom is 0.0849 e. The van der Waals surface area contributed by atoms with Crippen molar-refractivity contribution in [1.29, 1.82) is 0 Å². The third kappa shape index (κ3) is 2.56. The summed E-state index contributed by atoms with van der Waals surface area (Å²) in [5.74, 6) is 0. The summed E-state index contributed by atoms with van der Waals surface area (Å²) in [4.78, 5) is 1.24. The maximum absolute atomic E-state index is 9.93. The fourth-order valence-corrected chi connectivity index (χ4v) is 2.59. The first-order chi connectivity index (χ1) is 6.86. The number of hydrogen-bond acceptors (Lipinski definition) is 3. The molecule has 2 nitrogen and oxygen atoms in total. The van der Waals surface area contributed by atoms with E-state index < -0.39 is 0 Å². The van der Waals surface area contributed by atoms with Crippen molar-refractivity contribution in [3.8, 4) is 0 Å². The van der Waals surface area contributed by atoms with Crippen LogP contribution in [0.5, 0.6) is 0 Å². The van der Waals surface area contributed by atoms with Crippen LogP contribution in [0.4, 0.5) is 0 Å². The largest absolute Gasteiger partial charge is 0.390 e. The van der Waals surface area contributed by atoms with E-state index in [-0.39, 0.29) is 12.2 Å². The molecule has 0 amide bonds. The van der Waals surface area contributed by atoms with Crippen molar-refractivity contribution in [2.45, 2.75) is 37.9 Å². The number of aliphatic hydroxyl groups excluding tert-OH is 1. The van der Waals surface area contributed by atoms with E-state index in [1.165, 1.54) is 11.3 Å². The predicted octanol–water partition coefficient (Wildman–Crippen LogP) is 2.22. The summed E-state index contributed by atoms with van der Waals surface area (Å²) < 4.78 is 5.54. The van der Waals surface area contributed by atoms with E-state index in [9.17, 15) is 5.11 Å². The Labute approximate surface area is 88.5 Å². The highest BCUT2D eigenvalue weighted by molar-refractivity contribution is 7.09. The normalized spacial score (nSPS) is 24.8. The van der Waals surface area contributed by atoms with Crippen LogP contribution >= 0.6 is 11.3 Å². The minimum atomic E-state index is -0.325. The van der Waals surface area contributed by atoms with Gasteiger partial charge in [-0.3, -0.25) is 0 Å². The molecule has 1 fully saturated rings. The van der Waals surface area contributed by atoms with Gasteiger partial charge in [0.15, 0.2) is 0 Å². The van der Waals surface area contributed by atoms with Crippen molar-refractivity contribution >= 4 is 11.3 Å². The molecule has 3 heteroatoms. The van der Waals surface area contributed by atoms with Crippen LogP contribution in [0.1, 0.15) is 24.1 Å². The van der Waals surface area contributed by atoms with Crippen LogP contribution < -0.4 is 0 Å². The highest BCUT2D eigenvalue weighted by Gasteiger charge is 2.22. The summed E-state index contributed by atoms with van der Waals surface area (Å²) in [5.41, 5.74) is 0. The van der Waals surface area contributed by atoms with Crippen molar-refractivity contribution in [3.05, 3.63) is 22.4 Å². The van der Waals surface area contributed by atoms with Crippen LogP contribution in [0.15, 0.2) is 17.5 Å². The third-order valence-corrected chi connectivity index (χ3v) is 3.53. The lowest BCUT2D eigenvalue weighted by Crippen LogP contribution is -2.33. The van der Waals surface area contributed by atoms with E-state index in [1.807, 2.05) is 11.4 Å². The van der Waals surface area contributed by atoms with Crippen molar-refractivity contribution in [2.24, 2.45) is 0 Å². The molecule has 0 aromatic carbocycles. The minimum Gasteiger partial charge on any atom is -0.390 e. The molecule has 2 atom stereocenters. The van der Waals surface area contributed by atoms with E-state index in [2.05, 4.69) is 6.07 Å². The average Bonchev–Trinajstić information content (AvgIpc) is 2.72. The van der Waals surface area contributed by atoms with E-state index >= 15 is 0 Å². The van der Waals surface area contributed by atoms with Crippen LogP contribution in [0.25, 0.3) is 0 Å². The Balaban J connectivity index is 1.85. The van der Waals surface area contributed by atoms with Gasteiger partial charge in [-0.1, -0.05) is 6.07 Å². The maximum atomic E-state index is 9.93. The monoisotopic (exact) mass is 212 g/mol. The van der Waals surface area contributed by atoms with Gasteiger partial charge in [0.05, 0.1) is 12.2 Å². The molecule has 0 radical (unpaired) electrons. The lowest BCUT2D eigenvalue weighted by Gasteiger charge is -2.26. The predicted molar refractivity (Wildman–Crippen MR) is 57.6 cm³/mol. The summed E-state index contributed by atoms with van der Waals surface area (Å²) in [6.45, 7) is 0.812. The molecule has 1 aromatic heterocycles. The SMILES string of the molecule is OC(Cc1cccs1)C1CCCCO1. The Morgan fingerprint density at radius 1 is 1.57 bits per heavy atom. The summed E-state index contributed by atoms with van der Waals surface area (Å²) in [5, 5.41) is 12.0. The molecule has 1 aliphatic rings. The highest BCUT2D eigenvalue weighted by Crippen LogP contribution is 2.20. The van der Waals surface area contributed by atoms with Gasteiger partial charge in [-0.05, 0) is 30.7 Å². The number of aliphatic hydroxyl groups is 1. The smallest absolute Gasteiger partial charge is 0.0849 e. The molecule has 1 aromatic rings. The zero-order valence-corrected chi connectivity index (χ0v) is 9.00. The van der Waals surface area contributed by atoms with Crippen LogP contribution in [-0.2, 0) is 11.2 Å². The van der Waals surface area contributed by atoms with E-state index in [0.29, 0.717) is 0 Å². The third-order valence-electron chi connectivity index (χ3n) is 2.63. The quantitative estimate of drug-likeness (QED) is 0.832. The molecule has 0 spiro atoms. The Morgan fingerprint density at radius 3 is 3.14 bits per heavy atom. The van der Waals surface area contributed by atoms with Crippen molar-refractivity contribution in [2.75, 3.05) is 6.61 Å². The van der Waals surface area contributed by atoms with Gasteiger partial charge in [0.2, 0.25) is 0 Å². The molecule has 0 aliphatic carbocycles. The summed E-state index contributed by atoms with van der Waals surface area (Å²) in [6, 6.07) is 4.09. The molecular formula is C11H16O2S. The fraction of sp³-hybridized carbons (Fsp3) is 0.636. The molecule has 1 saturated heterocycles. The molecule has 1 N–H and O–H groups in total. The second-order valence-corrected chi connectivity index (χ2v) is 4.79. The average molecular weight is 212 g/mol. The molecule has 78 valence electrons. The zero-order chi connectivity index (χ0) is 9.80. The fourth-order valence-electron chi connectivity index (χ4n) is 1.84. The Morgan fingerprint density at radius 2 is 2.50 bits per heavy atom. The number of ether oxygens (including phenoxy) is 1. The van der Waals surface area contributed by atoms with Gasteiger partial charge >= 0.3 is 0 Å². The Kier molecular flexibility index (Phi) is 3.56. The number of hydrogen-bond donors (Lipinski definition) is 1. The summed E-state index contributed by atoms with van der Waals surface area (Å²) >= 11 is 1.70. The van der Waals surface area contributed by atoms with Gasteiger partial charge in [-0.25, -0.2) is 0 Å². The van der Waals surface area contributed by atoms with E-state index in [0.717, 1.165) is 25.9 Å². The molecule has 0 saturated carbocycles. The second-order valence-electron chi connectivity index (χ2n) is 3.76. The van der Waals surface area contributed by atoms with Gasteiger partial charge < -0.3 is 9.84 Å². The van der Waals surface area contributed by atoms with Crippen LogP contribution in [0, 0.1) is 0 Å². The first-order valence-electron chi connectivity index (χ1n) is 5.18. The van der Waals surface area contributed by atoms with Crippen LogP contribution in [-0.4, -0.2) is 23.9 Å². The standard InChI is InChI=1S/C11H16O2S/c12-10(8-9-4-3-7-14-9)11-5-1-2-6-13-11/h3-4,7,10-12H,1-2,5-6,8H2. The van der Waals surface area contributed by atoms with Gasteiger partial charge in [-0.15, -0.1) is 11.3 Å². The lowest BCUT2D eigenvalue weighted by atomic mass is 10.0. The van der Waals surface area contributed by atoms with Gasteiger partial charge in [0, 0.05) is 17.9 Å². The Bertz CT molecular complexity index is 252. The topological polar surface area (TPSA) is 29.5 Å². The molecule has 1 aliphatic heterocycles.